The van der Waals surface area contributed by atoms with E-state index in [1.54, 1.807) is 13.2 Å². The van der Waals surface area contributed by atoms with Crippen LogP contribution >= 0.6 is 0 Å². The zero-order valence-corrected chi connectivity index (χ0v) is 11.6. The Morgan fingerprint density at radius 3 is 2.85 bits per heavy atom. The molecule has 5 nitrogen and oxygen atoms in total. The van der Waals surface area contributed by atoms with Crippen LogP contribution in [-0.4, -0.2) is 17.1 Å². The predicted molar refractivity (Wildman–Crippen MR) is 76.4 cm³/mol. The fourth-order valence-corrected chi connectivity index (χ4v) is 1.89. The molecule has 0 amide bonds. The molecular formula is C15H16N4O. The number of nitriles is 1. The number of ether oxygens (including phenoxy) is 1. The van der Waals surface area contributed by atoms with Crippen molar-refractivity contribution in [2.24, 2.45) is 0 Å². The van der Waals surface area contributed by atoms with Gasteiger partial charge in [0, 0.05) is 18.2 Å². The second-order valence-corrected chi connectivity index (χ2v) is 4.25. The zero-order valence-electron chi connectivity index (χ0n) is 11.6. The van der Waals surface area contributed by atoms with Gasteiger partial charge in [-0.15, -0.1) is 0 Å². The summed E-state index contributed by atoms with van der Waals surface area (Å²) in [5.74, 6) is 1.46. The largest absolute Gasteiger partial charge is 0.496 e. The number of hydrogen-bond acceptors (Lipinski definition) is 5. The number of anilines is 1. The number of nitrogens with one attached hydrogen (secondary N) is 1. The number of nitrogens with zero attached hydrogens (tertiary/aromatic N) is 3. The number of hydrogen-bond donors (Lipinski definition) is 1. The number of benzene rings is 1. The summed E-state index contributed by atoms with van der Waals surface area (Å²) >= 11 is 0. The molecule has 0 saturated carbocycles. The molecule has 0 radical (unpaired) electrons. The van der Waals surface area contributed by atoms with Gasteiger partial charge in [0.1, 0.15) is 29.7 Å². The van der Waals surface area contributed by atoms with Crippen LogP contribution in [0, 0.1) is 11.3 Å². The van der Waals surface area contributed by atoms with Crippen LogP contribution in [0.2, 0.25) is 0 Å². The molecule has 102 valence electrons. The van der Waals surface area contributed by atoms with Gasteiger partial charge in [-0.05, 0) is 18.1 Å². The van der Waals surface area contributed by atoms with Gasteiger partial charge in [-0.2, -0.15) is 5.26 Å². The fourth-order valence-electron chi connectivity index (χ4n) is 1.89. The van der Waals surface area contributed by atoms with Crippen molar-refractivity contribution in [3.8, 4) is 11.8 Å². The summed E-state index contributed by atoms with van der Waals surface area (Å²) in [6.07, 6.45) is 2.35. The molecule has 1 heterocycles. The van der Waals surface area contributed by atoms with Crippen molar-refractivity contribution in [2.45, 2.75) is 19.9 Å². The molecule has 2 rings (SSSR count). The van der Waals surface area contributed by atoms with Crippen molar-refractivity contribution in [3.63, 3.8) is 0 Å². The summed E-state index contributed by atoms with van der Waals surface area (Å²) in [4.78, 5) is 7.92. The molecule has 2 aromatic rings. The predicted octanol–water partition coefficient (Wildman–Crippen LogP) is 2.53. The van der Waals surface area contributed by atoms with Gasteiger partial charge >= 0.3 is 0 Å². The van der Waals surface area contributed by atoms with Crippen LogP contribution in [0.3, 0.4) is 0 Å². The van der Waals surface area contributed by atoms with Crippen LogP contribution in [0.4, 0.5) is 5.82 Å². The van der Waals surface area contributed by atoms with Gasteiger partial charge in [0.15, 0.2) is 0 Å². The Labute approximate surface area is 118 Å². The molecule has 0 atom stereocenters. The van der Waals surface area contributed by atoms with E-state index in [0.29, 0.717) is 18.1 Å². The summed E-state index contributed by atoms with van der Waals surface area (Å²) < 4.78 is 5.35. The van der Waals surface area contributed by atoms with E-state index in [-0.39, 0.29) is 0 Å². The van der Waals surface area contributed by atoms with Gasteiger partial charge in [-0.1, -0.05) is 19.1 Å². The number of aromatic nitrogens is 2. The lowest BCUT2D eigenvalue weighted by molar-refractivity contribution is 0.410. The van der Waals surface area contributed by atoms with E-state index >= 15 is 0 Å². The molecule has 1 aromatic heterocycles. The van der Waals surface area contributed by atoms with E-state index in [1.165, 1.54) is 11.9 Å². The first-order chi connectivity index (χ1) is 9.76. The lowest BCUT2D eigenvalue weighted by Gasteiger charge is -2.11. The maximum Gasteiger partial charge on any atom is 0.145 e. The molecule has 0 bridgehead atoms. The molecular weight excluding hydrogens is 252 g/mol. The maximum atomic E-state index is 8.81. The van der Waals surface area contributed by atoms with E-state index in [4.69, 9.17) is 10.00 Å². The van der Waals surface area contributed by atoms with Crippen molar-refractivity contribution < 1.29 is 4.74 Å². The highest BCUT2D eigenvalue weighted by molar-refractivity contribution is 5.43. The summed E-state index contributed by atoms with van der Waals surface area (Å²) in [6.45, 7) is 2.70. The Morgan fingerprint density at radius 2 is 2.15 bits per heavy atom. The molecule has 5 heteroatoms. The Bertz CT molecular complexity index is 634. The quantitative estimate of drug-likeness (QED) is 0.902. The van der Waals surface area contributed by atoms with Crippen molar-refractivity contribution >= 4 is 5.82 Å². The third-order valence-corrected chi connectivity index (χ3v) is 2.99. The smallest absolute Gasteiger partial charge is 0.145 e. The summed E-state index contributed by atoms with van der Waals surface area (Å²) in [5.41, 5.74) is 2.66. The second kappa shape index (κ2) is 6.53. The van der Waals surface area contributed by atoms with E-state index in [1.807, 2.05) is 12.1 Å². The lowest BCUT2D eigenvalue weighted by Crippen LogP contribution is -2.04. The highest BCUT2D eigenvalue weighted by Crippen LogP contribution is 2.21. The normalized spacial score (nSPS) is 9.85. The van der Waals surface area contributed by atoms with Gasteiger partial charge in [-0.25, -0.2) is 9.97 Å². The van der Waals surface area contributed by atoms with Crippen LogP contribution < -0.4 is 10.1 Å². The average molecular weight is 268 g/mol. The van der Waals surface area contributed by atoms with Crippen LogP contribution in [0.15, 0.2) is 30.6 Å². The Balaban J connectivity index is 2.15. The molecule has 0 spiro atoms. The monoisotopic (exact) mass is 268 g/mol. The number of methoxy groups -OCH3 is 1. The molecule has 0 aliphatic heterocycles. The van der Waals surface area contributed by atoms with Crippen LogP contribution in [0.1, 0.15) is 23.7 Å². The van der Waals surface area contributed by atoms with Gasteiger partial charge < -0.3 is 10.1 Å². The molecule has 1 aromatic carbocycles. The highest BCUT2D eigenvalue weighted by atomic mass is 16.5. The van der Waals surface area contributed by atoms with Crippen molar-refractivity contribution in [1.82, 2.24) is 9.97 Å². The summed E-state index contributed by atoms with van der Waals surface area (Å²) in [5, 5.41) is 12.0. The molecule has 20 heavy (non-hydrogen) atoms. The minimum atomic E-state index is 0.344. The van der Waals surface area contributed by atoms with E-state index in [2.05, 4.69) is 34.3 Å². The zero-order chi connectivity index (χ0) is 14.4. The second-order valence-electron chi connectivity index (χ2n) is 4.25. The molecule has 0 aliphatic rings. The van der Waals surface area contributed by atoms with Gasteiger partial charge in [0.2, 0.25) is 0 Å². The lowest BCUT2D eigenvalue weighted by atomic mass is 10.1. The number of rotatable bonds is 5. The standard InChI is InChI=1S/C15H16N4O/c1-3-11-4-5-14(20-2)12(6-11)9-17-15-7-13(8-16)18-10-19-15/h4-7,10H,3,9H2,1-2H3,(H,17,18,19). The molecule has 0 unspecified atom stereocenters. The first-order valence-corrected chi connectivity index (χ1v) is 6.38. The Kier molecular flexibility index (Phi) is 4.51. The van der Waals surface area contributed by atoms with Crippen LogP contribution in [0.25, 0.3) is 0 Å². The van der Waals surface area contributed by atoms with E-state index in [0.717, 1.165) is 17.7 Å². The van der Waals surface area contributed by atoms with E-state index in [9.17, 15) is 0 Å². The van der Waals surface area contributed by atoms with Crippen molar-refractivity contribution in [3.05, 3.63) is 47.4 Å². The van der Waals surface area contributed by atoms with Gasteiger partial charge in [-0.3, -0.25) is 0 Å². The maximum absolute atomic E-state index is 8.81. The summed E-state index contributed by atoms with van der Waals surface area (Å²) in [7, 11) is 1.66. The Morgan fingerprint density at radius 1 is 1.30 bits per heavy atom. The highest BCUT2D eigenvalue weighted by Gasteiger charge is 2.05. The fraction of sp³-hybridized carbons (Fsp3) is 0.267. The van der Waals surface area contributed by atoms with E-state index < -0.39 is 0 Å². The average Bonchev–Trinajstić information content (AvgIpc) is 2.52. The Hall–Kier alpha value is -2.61. The molecule has 1 N–H and O–H groups in total. The van der Waals surface area contributed by atoms with Crippen molar-refractivity contribution in [2.75, 3.05) is 12.4 Å². The first-order valence-electron chi connectivity index (χ1n) is 6.38. The van der Waals surface area contributed by atoms with Crippen LogP contribution in [-0.2, 0) is 13.0 Å². The molecule has 0 fully saturated rings. The topological polar surface area (TPSA) is 70.8 Å². The first kappa shape index (κ1) is 13.8. The van der Waals surface area contributed by atoms with Gasteiger partial charge in [0.25, 0.3) is 0 Å². The van der Waals surface area contributed by atoms with Crippen molar-refractivity contribution in [1.29, 1.82) is 5.26 Å². The van der Waals surface area contributed by atoms with Gasteiger partial charge in [0.05, 0.1) is 7.11 Å². The van der Waals surface area contributed by atoms with Crippen LogP contribution in [0.5, 0.6) is 5.75 Å². The third-order valence-electron chi connectivity index (χ3n) is 2.99. The minimum absolute atomic E-state index is 0.344. The number of aryl methyl sites for hydroxylation is 1. The SMILES string of the molecule is CCc1ccc(OC)c(CNc2cc(C#N)ncn2)c1. The molecule has 0 aliphatic carbocycles. The minimum Gasteiger partial charge on any atom is -0.496 e. The summed E-state index contributed by atoms with van der Waals surface area (Å²) in [6, 6.07) is 9.75. The molecule has 0 saturated heterocycles. The third kappa shape index (κ3) is 3.23.